The maximum absolute atomic E-state index is 13.0. The van der Waals surface area contributed by atoms with Crippen LogP contribution in [0.15, 0.2) is 12.1 Å². The summed E-state index contributed by atoms with van der Waals surface area (Å²) in [6, 6.07) is 3.07. The molecule has 3 aromatic carbocycles. The molecule has 0 radical (unpaired) electrons. The van der Waals surface area contributed by atoms with Crippen LogP contribution in [0.2, 0.25) is 0 Å². The Bertz CT molecular complexity index is 1700. The summed E-state index contributed by atoms with van der Waals surface area (Å²) in [5.74, 6) is -5.51. The van der Waals surface area contributed by atoms with Crippen molar-refractivity contribution < 1.29 is 39.6 Å². The van der Waals surface area contributed by atoms with Crippen LogP contribution in [0.25, 0.3) is 21.5 Å². The molecule has 0 aliphatic rings. The van der Waals surface area contributed by atoms with E-state index >= 15 is 0 Å². The molecule has 0 atom stereocenters. The largest absolute Gasteiger partial charge is 0.478 e. The number of carboxylic acids is 4. The fourth-order valence-electron chi connectivity index (χ4n) is 6.39. The van der Waals surface area contributed by atoms with E-state index in [1.54, 1.807) is 6.07 Å². The molecule has 0 aliphatic heterocycles. The number of rotatable bonds is 4. The second-order valence-corrected chi connectivity index (χ2v) is 15.2. The van der Waals surface area contributed by atoms with Crippen molar-refractivity contribution in [2.24, 2.45) is 0 Å². The average molecular weight is 579 g/mol. The van der Waals surface area contributed by atoms with E-state index in [1.807, 2.05) is 83.1 Å². The SMILES string of the molecule is CC(C)(C)c1c(C(=O)O)c(C(=O)O)c(C(C)(C)C)c2c(C(C)(C)C)c3c(C(C)(C)C)c(C(=O)O)c(C(=O)O)cc3cc12. The predicted molar refractivity (Wildman–Crippen MR) is 164 cm³/mol. The van der Waals surface area contributed by atoms with Crippen LogP contribution < -0.4 is 0 Å². The molecule has 0 unspecified atom stereocenters. The summed E-state index contributed by atoms with van der Waals surface area (Å²) in [7, 11) is 0. The lowest BCUT2D eigenvalue weighted by atomic mass is 9.66. The molecule has 4 N–H and O–H groups in total. The lowest BCUT2D eigenvalue weighted by molar-refractivity contribution is 0.0648. The van der Waals surface area contributed by atoms with E-state index in [4.69, 9.17) is 0 Å². The third-order valence-electron chi connectivity index (χ3n) is 7.57. The third kappa shape index (κ3) is 5.23. The average Bonchev–Trinajstić information content (AvgIpc) is 2.76. The first-order valence-electron chi connectivity index (χ1n) is 13.9. The highest BCUT2D eigenvalue weighted by Crippen LogP contribution is 2.50. The Balaban J connectivity index is 3.15. The van der Waals surface area contributed by atoms with Gasteiger partial charge in [-0.25, -0.2) is 19.2 Å². The number of benzene rings is 3. The van der Waals surface area contributed by atoms with E-state index in [-0.39, 0.29) is 22.3 Å². The lowest BCUT2D eigenvalue weighted by Gasteiger charge is -2.36. The Morgan fingerprint density at radius 3 is 1.14 bits per heavy atom. The number of fused-ring (bicyclic) bond motifs is 2. The van der Waals surface area contributed by atoms with Gasteiger partial charge in [0.05, 0.1) is 22.3 Å². The molecule has 226 valence electrons. The Labute approximate surface area is 246 Å². The van der Waals surface area contributed by atoms with Crippen molar-refractivity contribution in [2.45, 2.75) is 105 Å². The molecular weight excluding hydrogens is 536 g/mol. The van der Waals surface area contributed by atoms with Gasteiger partial charge in [0, 0.05) is 0 Å². The summed E-state index contributed by atoms with van der Waals surface area (Å²) in [4.78, 5) is 51.1. The van der Waals surface area contributed by atoms with Crippen LogP contribution in [0, 0.1) is 0 Å². The minimum Gasteiger partial charge on any atom is -0.478 e. The summed E-state index contributed by atoms with van der Waals surface area (Å²) < 4.78 is 0. The van der Waals surface area contributed by atoms with Crippen LogP contribution in [0.5, 0.6) is 0 Å². The molecule has 0 aromatic heterocycles. The van der Waals surface area contributed by atoms with E-state index in [0.29, 0.717) is 43.8 Å². The van der Waals surface area contributed by atoms with E-state index in [2.05, 4.69) is 0 Å². The highest BCUT2D eigenvalue weighted by molar-refractivity contribution is 6.18. The fraction of sp³-hybridized carbons (Fsp3) is 0.471. The van der Waals surface area contributed by atoms with E-state index in [0.717, 1.165) is 0 Å². The number of hydrogen-bond donors (Lipinski definition) is 4. The van der Waals surface area contributed by atoms with Crippen LogP contribution in [0.4, 0.5) is 0 Å². The van der Waals surface area contributed by atoms with Crippen LogP contribution in [-0.2, 0) is 21.7 Å². The molecule has 0 aliphatic carbocycles. The summed E-state index contributed by atoms with van der Waals surface area (Å²) in [5.41, 5.74) is -2.89. The smallest absolute Gasteiger partial charge is 0.336 e. The summed E-state index contributed by atoms with van der Waals surface area (Å²) in [6.45, 7) is 22.2. The molecule has 0 heterocycles. The summed E-state index contributed by atoms with van der Waals surface area (Å²) >= 11 is 0. The van der Waals surface area contributed by atoms with Gasteiger partial charge in [-0.05, 0) is 77.6 Å². The van der Waals surface area contributed by atoms with Crippen molar-refractivity contribution >= 4 is 45.4 Å². The van der Waals surface area contributed by atoms with Gasteiger partial charge in [-0.15, -0.1) is 0 Å². The standard InChI is InChI=1S/C34H42O8/c1-31(2,3)23-16-13-15-14-17(27(35)36)20(28(37)38)25(33(7,8)9)18(15)24(32(4,5)6)19(16)26(34(10,11)12)22(30(41)42)21(23)29(39)40/h13-14H,1-12H3,(H,35,36)(H,37,38)(H,39,40)(H,41,42). The Hall–Kier alpha value is -3.94. The first-order chi connectivity index (χ1) is 18.7. The number of hydrogen-bond acceptors (Lipinski definition) is 4. The van der Waals surface area contributed by atoms with Crippen molar-refractivity contribution in [3.8, 4) is 0 Å². The molecule has 0 saturated heterocycles. The van der Waals surface area contributed by atoms with Crippen LogP contribution in [0.3, 0.4) is 0 Å². The van der Waals surface area contributed by atoms with Gasteiger partial charge in [-0.1, -0.05) is 83.1 Å². The topological polar surface area (TPSA) is 149 Å². The van der Waals surface area contributed by atoms with Gasteiger partial charge in [0.1, 0.15) is 0 Å². The van der Waals surface area contributed by atoms with Crippen molar-refractivity contribution in [1.29, 1.82) is 0 Å². The van der Waals surface area contributed by atoms with Crippen molar-refractivity contribution in [3.63, 3.8) is 0 Å². The molecule has 8 heteroatoms. The van der Waals surface area contributed by atoms with Crippen LogP contribution in [0.1, 0.15) is 147 Å². The minimum atomic E-state index is -1.39. The zero-order valence-electron chi connectivity index (χ0n) is 26.6. The molecule has 0 amide bonds. The first kappa shape index (κ1) is 32.6. The second kappa shape index (κ2) is 9.82. The van der Waals surface area contributed by atoms with Gasteiger partial charge >= 0.3 is 23.9 Å². The molecule has 8 nitrogen and oxygen atoms in total. The minimum absolute atomic E-state index is 0.296. The number of aromatic carboxylic acids is 4. The maximum Gasteiger partial charge on any atom is 0.336 e. The Kier molecular flexibility index (Phi) is 7.61. The third-order valence-corrected chi connectivity index (χ3v) is 7.57. The van der Waals surface area contributed by atoms with Crippen molar-refractivity contribution in [3.05, 3.63) is 56.6 Å². The normalized spacial score (nSPS) is 13.0. The number of carboxylic acid groups (broad SMARTS) is 4. The van der Waals surface area contributed by atoms with Gasteiger partial charge in [-0.2, -0.15) is 0 Å². The number of carbonyl (C=O) groups is 4. The van der Waals surface area contributed by atoms with Gasteiger partial charge in [0.25, 0.3) is 0 Å². The Morgan fingerprint density at radius 2 is 0.810 bits per heavy atom. The zero-order chi connectivity index (χ0) is 32.7. The molecule has 3 aromatic rings. The monoisotopic (exact) mass is 578 g/mol. The fourth-order valence-corrected chi connectivity index (χ4v) is 6.39. The van der Waals surface area contributed by atoms with E-state index in [9.17, 15) is 39.6 Å². The van der Waals surface area contributed by atoms with Gasteiger partial charge < -0.3 is 20.4 Å². The molecule has 42 heavy (non-hydrogen) atoms. The summed E-state index contributed by atoms with van der Waals surface area (Å²) in [5, 5.41) is 43.7. The summed E-state index contributed by atoms with van der Waals surface area (Å²) in [6.07, 6.45) is 0. The van der Waals surface area contributed by atoms with Crippen LogP contribution in [-0.4, -0.2) is 44.3 Å². The lowest BCUT2D eigenvalue weighted by Crippen LogP contribution is -2.29. The Morgan fingerprint density at radius 1 is 0.452 bits per heavy atom. The van der Waals surface area contributed by atoms with Gasteiger partial charge in [-0.3, -0.25) is 0 Å². The highest BCUT2D eigenvalue weighted by Gasteiger charge is 2.40. The van der Waals surface area contributed by atoms with Crippen molar-refractivity contribution in [2.75, 3.05) is 0 Å². The van der Waals surface area contributed by atoms with E-state index in [1.165, 1.54) is 6.07 Å². The highest BCUT2D eigenvalue weighted by atomic mass is 16.4. The molecule has 0 spiro atoms. The maximum atomic E-state index is 13.0. The second-order valence-electron chi connectivity index (χ2n) is 15.2. The molecule has 0 bridgehead atoms. The van der Waals surface area contributed by atoms with Gasteiger partial charge in [0.15, 0.2) is 0 Å². The van der Waals surface area contributed by atoms with Crippen LogP contribution >= 0.6 is 0 Å². The predicted octanol–water partition coefficient (Wildman–Crippen LogP) is 7.98. The molecular formula is C34H42O8. The van der Waals surface area contributed by atoms with Crippen molar-refractivity contribution in [1.82, 2.24) is 0 Å². The molecule has 0 fully saturated rings. The molecule has 3 rings (SSSR count). The van der Waals surface area contributed by atoms with E-state index < -0.39 is 45.5 Å². The van der Waals surface area contributed by atoms with Gasteiger partial charge in [0.2, 0.25) is 0 Å². The quantitative estimate of drug-likeness (QED) is 0.228. The first-order valence-corrected chi connectivity index (χ1v) is 13.9. The molecule has 0 saturated carbocycles. The zero-order valence-corrected chi connectivity index (χ0v) is 26.6.